The fourth-order valence-corrected chi connectivity index (χ4v) is 3.69. The van der Waals surface area contributed by atoms with Crippen molar-refractivity contribution in [1.82, 2.24) is 4.90 Å². The van der Waals surface area contributed by atoms with Crippen molar-refractivity contribution in [2.45, 2.75) is 31.4 Å². The van der Waals surface area contributed by atoms with Crippen LogP contribution in [0.25, 0.3) is 0 Å². The molecule has 5 heteroatoms. The van der Waals surface area contributed by atoms with Gasteiger partial charge in [0.2, 0.25) is 5.91 Å². The smallest absolute Gasteiger partial charge is 0.335 e. The van der Waals surface area contributed by atoms with Crippen molar-refractivity contribution < 1.29 is 14.7 Å². The molecule has 1 aromatic carbocycles. The normalized spacial score (nSPS) is 17.5. The van der Waals surface area contributed by atoms with Gasteiger partial charge in [-0.1, -0.05) is 18.2 Å². The van der Waals surface area contributed by atoms with Crippen molar-refractivity contribution in [3.05, 3.63) is 35.4 Å². The van der Waals surface area contributed by atoms with Crippen molar-refractivity contribution in [2.75, 3.05) is 18.8 Å². The average Bonchev–Trinajstić information content (AvgIpc) is 2.43. The number of nitrogens with zero attached hydrogens (tertiary/aromatic N) is 1. The molecule has 1 saturated heterocycles. The molecule has 4 nitrogen and oxygen atoms in total. The maximum Gasteiger partial charge on any atom is 0.335 e. The molecule has 21 heavy (non-hydrogen) atoms. The Morgan fingerprint density at radius 2 is 2.05 bits per heavy atom. The summed E-state index contributed by atoms with van der Waals surface area (Å²) in [5.74, 6) is 0.141. The van der Waals surface area contributed by atoms with Crippen molar-refractivity contribution >= 4 is 23.6 Å². The van der Waals surface area contributed by atoms with Crippen LogP contribution in [0.15, 0.2) is 24.3 Å². The molecule has 1 fully saturated rings. The van der Waals surface area contributed by atoms with Crippen LogP contribution in [-0.4, -0.2) is 45.5 Å². The van der Waals surface area contributed by atoms with Crippen LogP contribution in [0.5, 0.6) is 0 Å². The number of aromatic carboxylic acids is 1. The lowest BCUT2D eigenvalue weighted by atomic mass is 10.0. The van der Waals surface area contributed by atoms with Crippen molar-refractivity contribution in [3.63, 3.8) is 0 Å². The minimum absolute atomic E-state index is 0.104. The first kappa shape index (κ1) is 15.9. The van der Waals surface area contributed by atoms with Gasteiger partial charge in [-0.15, -0.1) is 0 Å². The van der Waals surface area contributed by atoms with Crippen molar-refractivity contribution in [2.24, 2.45) is 0 Å². The maximum absolute atomic E-state index is 12.3. The fourth-order valence-electron chi connectivity index (χ4n) is 2.58. The molecule has 1 aliphatic rings. The lowest BCUT2D eigenvalue weighted by Crippen LogP contribution is -2.46. The standard InChI is InChI=1S/C16H21NO3S/c1-16(2)11-17(9-10-21-16)14(18)8-7-12-5-3-4-6-13(12)15(19)20/h3-6H,7-11H2,1-2H3,(H,19,20). The van der Waals surface area contributed by atoms with Crippen LogP contribution in [0.2, 0.25) is 0 Å². The number of thioether (sulfide) groups is 1. The Labute approximate surface area is 129 Å². The molecule has 2 rings (SSSR count). The molecule has 1 amide bonds. The molecule has 0 bridgehead atoms. The van der Waals surface area contributed by atoms with E-state index in [1.165, 1.54) is 0 Å². The lowest BCUT2D eigenvalue weighted by Gasteiger charge is -2.37. The lowest BCUT2D eigenvalue weighted by molar-refractivity contribution is -0.131. The summed E-state index contributed by atoms with van der Waals surface area (Å²) in [6.07, 6.45) is 0.844. The Morgan fingerprint density at radius 3 is 2.71 bits per heavy atom. The molecule has 0 atom stereocenters. The summed E-state index contributed by atoms with van der Waals surface area (Å²) in [6, 6.07) is 6.89. The van der Waals surface area contributed by atoms with Crippen LogP contribution < -0.4 is 0 Å². The number of aryl methyl sites for hydroxylation is 1. The third kappa shape index (κ3) is 4.24. The Balaban J connectivity index is 1.97. The van der Waals surface area contributed by atoms with Crippen LogP contribution in [0, 0.1) is 0 Å². The number of rotatable bonds is 4. The van der Waals surface area contributed by atoms with Crippen LogP contribution in [0.1, 0.15) is 36.2 Å². The largest absolute Gasteiger partial charge is 0.478 e. The average molecular weight is 307 g/mol. The van der Waals surface area contributed by atoms with Gasteiger partial charge in [0.05, 0.1) is 5.56 Å². The van der Waals surface area contributed by atoms with E-state index in [9.17, 15) is 9.59 Å². The SMILES string of the molecule is CC1(C)CN(C(=O)CCc2ccccc2C(=O)O)CCS1. The summed E-state index contributed by atoms with van der Waals surface area (Å²) in [4.78, 5) is 25.4. The molecule has 114 valence electrons. The topological polar surface area (TPSA) is 57.6 Å². The van der Waals surface area contributed by atoms with Gasteiger partial charge in [0.25, 0.3) is 0 Å². The Morgan fingerprint density at radius 1 is 1.33 bits per heavy atom. The second kappa shape index (κ2) is 6.52. The first-order valence-electron chi connectivity index (χ1n) is 7.12. The van der Waals surface area contributed by atoms with E-state index in [0.29, 0.717) is 18.4 Å². The van der Waals surface area contributed by atoms with E-state index >= 15 is 0 Å². The van der Waals surface area contributed by atoms with E-state index in [1.54, 1.807) is 18.2 Å². The predicted octanol–water partition coefficient (Wildman–Crippen LogP) is 2.67. The summed E-state index contributed by atoms with van der Waals surface area (Å²) < 4.78 is 0.104. The van der Waals surface area contributed by atoms with Crippen molar-refractivity contribution in [3.8, 4) is 0 Å². The Kier molecular flexibility index (Phi) is 4.93. The Bertz CT molecular complexity index is 542. The number of carbonyl (C=O) groups excluding carboxylic acids is 1. The molecule has 0 unspecified atom stereocenters. The molecular formula is C16H21NO3S. The van der Waals surface area contributed by atoms with Gasteiger partial charge in [-0.05, 0) is 31.9 Å². The van der Waals surface area contributed by atoms with Gasteiger partial charge in [0, 0.05) is 30.0 Å². The van der Waals surface area contributed by atoms with Gasteiger partial charge in [-0.2, -0.15) is 11.8 Å². The molecule has 1 aromatic rings. The molecule has 0 aromatic heterocycles. The highest BCUT2D eigenvalue weighted by atomic mass is 32.2. The fraction of sp³-hybridized carbons (Fsp3) is 0.500. The third-order valence-electron chi connectivity index (χ3n) is 3.63. The molecule has 0 saturated carbocycles. The van der Waals surface area contributed by atoms with Gasteiger partial charge >= 0.3 is 5.97 Å². The van der Waals surface area contributed by atoms with Gasteiger partial charge in [-0.3, -0.25) is 4.79 Å². The number of benzene rings is 1. The zero-order valence-corrected chi connectivity index (χ0v) is 13.3. The molecule has 0 aliphatic carbocycles. The first-order valence-corrected chi connectivity index (χ1v) is 8.10. The second-order valence-electron chi connectivity index (χ2n) is 5.89. The molecule has 0 radical (unpaired) electrons. The van der Waals surface area contributed by atoms with Gasteiger partial charge in [0.1, 0.15) is 0 Å². The van der Waals surface area contributed by atoms with Crippen LogP contribution >= 0.6 is 11.8 Å². The summed E-state index contributed by atoms with van der Waals surface area (Å²) in [5.41, 5.74) is 1.02. The minimum Gasteiger partial charge on any atom is -0.478 e. The molecule has 1 heterocycles. The van der Waals surface area contributed by atoms with E-state index in [0.717, 1.165) is 24.4 Å². The number of hydrogen-bond donors (Lipinski definition) is 1. The summed E-state index contributed by atoms with van der Waals surface area (Å²) in [5, 5.41) is 9.15. The quantitative estimate of drug-likeness (QED) is 0.929. The van der Waals surface area contributed by atoms with E-state index in [1.807, 2.05) is 22.7 Å². The van der Waals surface area contributed by atoms with Crippen LogP contribution in [-0.2, 0) is 11.2 Å². The highest BCUT2D eigenvalue weighted by molar-refractivity contribution is 8.00. The molecule has 1 aliphatic heterocycles. The van der Waals surface area contributed by atoms with Gasteiger partial charge < -0.3 is 10.0 Å². The summed E-state index contributed by atoms with van der Waals surface area (Å²) in [7, 11) is 0. The van der Waals surface area contributed by atoms with E-state index in [-0.39, 0.29) is 10.7 Å². The van der Waals surface area contributed by atoms with E-state index in [2.05, 4.69) is 13.8 Å². The highest BCUT2D eigenvalue weighted by Gasteiger charge is 2.29. The number of carbonyl (C=O) groups is 2. The first-order chi connectivity index (χ1) is 9.89. The number of carboxylic acids is 1. The molecule has 1 N–H and O–H groups in total. The minimum atomic E-state index is -0.937. The number of carboxylic acid groups (broad SMARTS) is 1. The summed E-state index contributed by atoms with van der Waals surface area (Å²) >= 11 is 1.89. The van der Waals surface area contributed by atoms with Crippen LogP contribution in [0.3, 0.4) is 0 Å². The highest BCUT2D eigenvalue weighted by Crippen LogP contribution is 2.29. The molecular weight excluding hydrogens is 286 g/mol. The van der Waals surface area contributed by atoms with Gasteiger partial charge in [0.15, 0.2) is 0 Å². The second-order valence-corrected chi connectivity index (χ2v) is 7.69. The van der Waals surface area contributed by atoms with E-state index in [4.69, 9.17) is 5.11 Å². The molecule has 0 spiro atoms. The van der Waals surface area contributed by atoms with Crippen LogP contribution in [0.4, 0.5) is 0 Å². The van der Waals surface area contributed by atoms with E-state index < -0.39 is 5.97 Å². The zero-order valence-electron chi connectivity index (χ0n) is 12.5. The Hall–Kier alpha value is -1.49. The number of amides is 1. The zero-order chi connectivity index (χ0) is 15.5. The monoisotopic (exact) mass is 307 g/mol. The number of hydrogen-bond acceptors (Lipinski definition) is 3. The predicted molar refractivity (Wildman–Crippen MR) is 84.8 cm³/mol. The van der Waals surface area contributed by atoms with Gasteiger partial charge in [-0.25, -0.2) is 4.79 Å². The van der Waals surface area contributed by atoms with Crippen molar-refractivity contribution in [1.29, 1.82) is 0 Å². The summed E-state index contributed by atoms with van der Waals surface area (Å²) in [6.45, 7) is 5.85. The maximum atomic E-state index is 12.3. The third-order valence-corrected chi connectivity index (χ3v) is 4.93.